The predicted octanol–water partition coefficient (Wildman–Crippen LogP) is 4.90. The topological polar surface area (TPSA) is 113 Å². The zero-order valence-corrected chi connectivity index (χ0v) is 22.7. The molecule has 0 aliphatic heterocycles. The van der Waals surface area contributed by atoms with Gasteiger partial charge < -0.3 is 19.7 Å². The van der Waals surface area contributed by atoms with Gasteiger partial charge in [-0.2, -0.15) is 0 Å². The van der Waals surface area contributed by atoms with Gasteiger partial charge in [0.05, 0.1) is 19.8 Å². The molecule has 0 aliphatic rings. The fraction of sp³-hybridized carbons (Fsp3) is 0.286. The van der Waals surface area contributed by atoms with Crippen LogP contribution in [-0.2, 0) is 52.2 Å². The molecule has 10 nitrogen and oxygen atoms in total. The fourth-order valence-electron chi connectivity index (χ4n) is 3.14. The summed E-state index contributed by atoms with van der Waals surface area (Å²) in [6.45, 7) is 0.105. The van der Waals surface area contributed by atoms with Crippen molar-refractivity contribution < 1.29 is 37.2 Å². The van der Waals surface area contributed by atoms with Crippen molar-refractivity contribution in [2.45, 2.75) is 19.8 Å². The van der Waals surface area contributed by atoms with Crippen LogP contribution in [0, 0.1) is 0 Å². The van der Waals surface area contributed by atoms with Crippen molar-refractivity contribution in [2.24, 2.45) is 0 Å². The van der Waals surface area contributed by atoms with Crippen LogP contribution in [0.15, 0.2) is 91.0 Å². The summed E-state index contributed by atoms with van der Waals surface area (Å²) in [5.74, 6) is -0.403. The third-order valence-electron chi connectivity index (χ3n) is 5.31. The maximum atomic E-state index is 13.2. The van der Waals surface area contributed by atoms with E-state index >= 15 is 0 Å². The second-order valence-electron chi connectivity index (χ2n) is 8.37. The van der Waals surface area contributed by atoms with Crippen LogP contribution in [0.5, 0.6) is 0 Å². The molecule has 0 radical (unpaired) electrons. The number of nitrogens with one attached hydrogen (secondary N) is 1. The van der Waals surface area contributed by atoms with Crippen molar-refractivity contribution in [2.75, 3.05) is 33.5 Å². The van der Waals surface area contributed by atoms with E-state index in [-0.39, 0.29) is 32.9 Å². The largest absolute Gasteiger partial charge is 0.478 e. The number of esters is 1. The lowest BCUT2D eigenvalue weighted by Gasteiger charge is -2.20. The number of hydrogen-bond donors (Lipinski definition) is 1. The van der Waals surface area contributed by atoms with Gasteiger partial charge in [0.2, 0.25) is 6.79 Å². The van der Waals surface area contributed by atoms with Crippen molar-refractivity contribution >= 4 is 19.9 Å². The maximum absolute atomic E-state index is 13.2. The quantitative estimate of drug-likeness (QED) is 0.114. The highest BCUT2D eigenvalue weighted by molar-refractivity contribution is 7.48. The van der Waals surface area contributed by atoms with Crippen LogP contribution < -0.4 is 5.32 Å². The van der Waals surface area contributed by atoms with Gasteiger partial charge in [0.25, 0.3) is 0 Å². The van der Waals surface area contributed by atoms with E-state index in [4.69, 9.17) is 23.0 Å². The maximum Gasteiger partial charge on any atom is 0.478 e. The highest BCUT2D eigenvalue weighted by Crippen LogP contribution is 2.50. The highest BCUT2D eigenvalue weighted by atomic mass is 31.2. The van der Waals surface area contributed by atoms with E-state index in [9.17, 15) is 14.2 Å². The van der Waals surface area contributed by atoms with Crippen molar-refractivity contribution in [3.8, 4) is 0 Å². The first-order chi connectivity index (χ1) is 18.9. The van der Waals surface area contributed by atoms with Crippen molar-refractivity contribution in [1.29, 1.82) is 0 Å². The summed E-state index contributed by atoms with van der Waals surface area (Å²) in [5.41, 5.74) is 2.45. The van der Waals surface area contributed by atoms with Gasteiger partial charge in [0.1, 0.15) is 6.61 Å². The molecule has 0 unspecified atom stereocenters. The first kappa shape index (κ1) is 30.0. The van der Waals surface area contributed by atoms with Gasteiger partial charge in [0.15, 0.2) is 0 Å². The summed E-state index contributed by atoms with van der Waals surface area (Å²) in [6.07, 6.45) is -0.707. The molecule has 1 amide bonds. The molecule has 0 aliphatic carbocycles. The number of rotatable bonds is 16. The lowest BCUT2D eigenvalue weighted by atomic mass is 10.2. The summed E-state index contributed by atoms with van der Waals surface area (Å²) in [4.78, 5) is 25.5. The minimum atomic E-state index is -4.06. The minimum Gasteiger partial charge on any atom is -0.460 e. The van der Waals surface area contributed by atoms with Crippen molar-refractivity contribution in [3.05, 3.63) is 108 Å². The average molecular weight is 557 g/mol. The highest BCUT2D eigenvalue weighted by Gasteiger charge is 2.28. The fourth-order valence-corrected chi connectivity index (χ4v) is 4.16. The van der Waals surface area contributed by atoms with E-state index < -0.39 is 26.7 Å². The Hall–Kier alpha value is -3.53. The number of hydrogen-bond acceptors (Lipinski definition) is 9. The molecule has 0 bridgehead atoms. The summed E-state index contributed by atoms with van der Waals surface area (Å²) in [5, 5.41) is 2.91. The van der Waals surface area contributed by atoms with Gasteiger partial charge in [-0.25, -0.2) is 13.9 Å². The molecule has 3 rings (SSSR count). The van der Waals surface area contributed by atoms with Crippen LogP contribution in [0.2, 0.25) is 0 Å². The molecule has 11 heteroatoms. The molecule has 0 saturated carbocycles. The van der Waals surface area contributed by atoms with Crippen LogP contribution in [0.3, 0.4) is 0 Å². The Morgan fingerprint density at radius 1 is 0.718 bits per heavy atom. The number of carbonyl (C=O) groups is 2. The molecule has 0 heterocycles. The van der Waals surface area contributed by atoms with Gasteiger partial charge in [-0.15, -0.1) is 0 Å². The second-order valence-corrected chi connectivity index (χ2v) is 10.0. The van der Waals surface area contributed by atoms with E-state index in [1.165, 1.54) is 11.9 Å². The third kappa shape index (κ3) is 11.8. The Balaban J connectivity index is 1.37. The first-order valence-corrected chi connectivity index (χ1v) is 13.8. The van der Waals surface area contributed by atoms with Gasteiger partial charge in [0, 0.05) is 20.1 Å². The Morgan fingerprint density at radius 3 is 1.72 bits per heavy atom. The zero-order chi connectivity index (χ0) is 27.8. The number of phosphoric ester groups is 1. The average Bonchev–Trinajstić information content (AvgIpc) is 2.98. The number of carbonyl (C=O) groups excluding carboxylic acids is 2. The standard InChI is InChI=1S/C28H33N2O8P/c1-30(18-17-29-19-27(31)34-20-24-11-5-2-6-12-24)28(32)35-23-38-39(33,36-21-25-13-7-3-8-14-25)37-22-26-15-9-4-10-16-26/h2-16,29H,17-23H2,1H3. The van der Waals surface area contributed by atoms with E-state index in [0.717, 1.165) is 16.7 Å². The van der Waals surface area contributed by atoms with Gasteiger partial charge in [-0.1, -0.05) is 91.0 Å². The molecule has 0 fully saturated rings. The van der Waals surface area contributed by atoms with E-state index in [1.54, 1.807) is 0 Å². The number of ether oxygens (including phenoxy) is 2. The van der Waals surface area contributed by atoms with E-state index in [0.29, 0.717) is 6.54 Å². The van der Waals surface area contributed by atoms with Crippen LogP contribution in [0.25, 0.3) is 0 Å². The molecular weight excluding hydrogens is 523 g/mol. The molecule has 0 saturated heterocycles. The summed E-state index contributed by atoms with van der Waals surface area (Å²) < 4.78 is 39.7. The Kier molecular flexibility index (Phi) is 12.7. The SMILES string of the molecule is CN(CCNCC(=O)OCc1ccccc1)C(=O)OCOP(=O)(OCc1ccccc1)OCc1ccccc1. The van der Waals surface area contributed by atoms with Gasteiger partial charge >= 0.3 is 19.9 Å². The van der Waals surface area contributed by atoms with E-state index in [1.807, 2.05) is 91.0 Å². The second kappa shape index (κ2) is 16.4. The number of likely N-dealkylation sites (N-methyl/N-ethyl adjacent to an activating group) is 1. The third-order valence-corrected chi connectivity index (χ3v) is 6.62. The number of amides is 1. The zero-order valence-electron chi connectivity index (χ0n) is 21.8. The predicted molar refractivity (Wildman–Crippen MR) is 144 cm³/mol. The van der Waals surface area contributed by atoms with E-state index in [2.05, 4.69) is 5.32 Å². The molecule has 1 N–H and O–H groups in total. The summed E-state index contributed by atoms with van der Waals surface area (Å²) >= 11 is 0. The molecule has 0 atom stereocenters. The number of benzene rings is 3. The lowest BCUT2D eigenvalue weighted by Crippen LogP contribution is -2.36. The minimum absolute atomic E-state index is 0.000476. The molecule has 39 heavy (non-hydrogen) atoms. The number of nitrogens with zero attached hydrogens (tertiary/aromatic N) is 1. The van der Waals surface area contributed by atoms with Crippen LogP contribution in [0.1, 0.15) is 16.7 Å². The summed E-state index contributed by atoms with van der Waals surface area (Å²) in [7, 11) is -2.54. The summed E-state index contributed by atoms with van der Waals surface area (Å²) in [6, 6.07) is 27.6. The monoisotopic (exact) mass is 556 g/mol. The van der Waals surface area contributed by atoms with Crippen molar-refractivity contribution in [1.82, 2.24) is 10.2 Å². The van der Waals surface area contributed by atoms with Gasteiger partial charge in [-0.05, 0) is 16.7 Å². The first-order valence-electron chi connectivity index (χ1n) is 12.3. The van der Waals surface area contributed by atoms with Crippen LogP contribution in [0.4, 0.5) is 4.79 Å². The molecule has 3 aromatic carbocycles. The van der Waals surface area contributed by atoms with Crippen LogP contribution in [-0.4, -0.2) is 50.4 Å². The molecule has 208 valence electrons. The Labute approximate surface area is 228 Å². The van der Waals surface area contributed by atoms with Crippen molar-refractivity contribution in [3.63, 3.8) is 0 Å². The Morgan fingerprint density at radius 2 is 1.21 bits per heavy atom. The lowest BCUT2D eigenvalue weighted by molar-refractivity contribution is -0.143. The van der Waals surface area contributed by atoms with Crippen LogP contribution >= 0.6 is 7.82 Å². The molecule has 0 spiro atoms. The van der Waals surface area contributed by atoms with Gasteiger partial charge in [-0.3, -0.25) is 13.8 Å². The Bertz CT molecular complexity index is 1130. The number of phosphoric acid groups is 1. The normalized spacial score (nSPS) is 11.1. The molecule has 3 aromatic rings. The molecular formula is C28H33N2O8P. The smallest absolute Gasteiger partial charge is 0.460 e. The molecule has 0 aromatic heterocycles.